The van der Waals surface area contributed by atoms with E-state index in [2.05, 4.69) is 55.6 Å². The minimum atomic E-state index is -0.845. The molecule has 0 aromatic heterocycles. The van der Waals surface area contributed by atoms with Crippen molar-refractivity contribution in [3.63, 3.8) is 0 Å². The molecule has 0 aliphatic carbocycles. The van der Waals surface area contributed by atoms with Crippen LogP contribution in [0.25, 0.3) is 0 Å². The second-order valence-corrected chi connectivity index (χ2v) is 25.3. The highest BCUT2D eigenvalue weighted by molar-refractivity contribution is 5.76. The van der Waals surface area contributed by atoms with Crippen LogP contribution in [-0.2, 0) is 14.3 Å². The van der Waals surface area contributed by atoms with Gasteiger partial charge in [0, 0.05) is 12.8 Å². The van der Waals surface area contributed by atoms with Gasteiger partial charge in [0.25, 0.3) is 0 Å². The Morgan fingerprint density at radius 3 is 0.939 bits per heavy atom. The monoisotopic (exact) mass is 1150 g/mol. The van der Waals surface area contributed by atoms with E-state index in [1.165, 1.54) is 321 Å². The summed E-state index contributed by atoms with van der Waals surface area (Å²) in [5.74, 6) is -0.0549. The third-order valence-electron chi connectivity index (χ3n) is 17.1. The van der Waals surface area contributed by atoms with Gasteiger partial charge in [-0.2, -0.15) is 0 Å². The molecule has 1 amide bonds. The number of carbonyl (C=O) groups is 2. The Morgan fingerprint density at radius 1 is 0.341 bits per heavy atom. The van der Waals surface area contributed by atoms with Crippen LogP contribution in [0, 0.1) is 0 Å². The average Bonchev–Trinajstić information content (AvgIpc) is 3.48. The standard InChI is InChI=1S/C76H143NO5/c1-3-5-7-9-11-13-15-17-19-21-38-42-46-50-54-58-62-66-70-76(81)82-71-67-63-59-55-51-47-43-39-36-34-32-30-28-26-24-22-23-25-27-29-31-33-35-37-41-45-49-53-57-61-65-69-75(80)77-73(72-78)74(79)68-64-60-56-52-48-44-40-20-18-16-14-12-10-8-6-4-2/h19,21,24,26,30,32,64,68,73-74,78-79H,3-18,20,22-23,25,27-29,31,33-63,65-67,69-72H2,1-2H3,(H,77,80)/b21-19-,26-24-,32-30-,68-64+. The van der Waals surface area contributed by atoms with Crippen molar-refractivity contribution in [1.29, 1.82) is 0 Å². The first-order chi connectivity index (χ1) is 40.5. The second-order valence-electron chi connectivity index (χ2n) is 25.3. The maximum atomic E-state index is 12.5. The maximum Gasteiger partial charge on any atom is 0.305 e. The van der Waals surface area contributed by atoms with Crippen LogP contribution in [0.2, 0.25) is 0 Å². The molecule has 6 heteroatoms. The van der Waals surface area contributed by atoms with E-state index in [1.807, 2.05) is 6.08 Å². The summed E-state index contributed by atoms with van der Waals surface area (Å²) in [5.41, 5.74) is 0. The first kappa shape index (κ1) is 79.8. The number of esters is 1. The fraction of sp³-hybridized carbons (Fsp3) is 0.868. The molecule has 3 N–H and O–H groups in total. The lowest BCUT2D eigenvalue weighted by Gasteiger charge is -2.20. The van der Waals surface area contributed by atoms with Crippen LogP contribution in [0.5, 0.6) is 0 Å². The lowest BCUT2D eigenvalue weighted by molar-refractivity contribution is -0.143. The Labute approximate surface area is 512 Å². The van der Waals surface area contributed by atoms with E-state index < -0.39 is 12.1 Å². The first-order valence-electron chi connectivity index (χ1n) is 36.9. The number of amides is 1. The van der Waals surface area contributed by atoms with Crippen LogP contribution in [0.3, 0.4) is 0 Å². The summed E-state index contributed by atoms with van der Waals surface area (Å²) in [6.45, 7) is 4.93. The largest absolute Gasteiger partial charge is 0.466 e. The summed E-state index contributed by atoms with van der Waals surface area (Å²) < 4.78 is 5.50. The van der Waals surface area contributed by atoms with Crippen LogP contribution >= 0.6 is 0 Å². The van der Waals surface area contributed by atoms with Crippen molar-refractivity contribution in [1.82, 2.24) is 5.32 Å². The zero-order chi connectivity index (χ0) is 59.2. The van der Waals surface area contributed by atoms with Crippen LogP contribution in [0.15, 0.2) is 48.6 Å². The Hall–Kier alpha value is -2.18. The van der Waals surface area contributed by atoms with E-state index in [9.17, 15) is 19.8 Å². The summed E-state index contributed by atoms with van der Waals surface area (Å²) in [4.78, 5) is 24.6. The minimum absolute atomic E-state index is 0.0103. The number of hydrogen-bond acceptors (Lipinski definition) is 5. The number of nitrogens with one attached hydrogen (secondary N) is 1. The van der Waals surface area contributed by atoms with E-state index in [0.29, 0.717) is 19.4 Å². The normalized spacial score (nSPS) is 12.8. The van der Waals surface area contributed by atoms with Gasteiger partial charge in [-0.05, 0) is 89.9 Å². The molecule has 0 bridgehead atoms. The van der Waals surface area contributed by atoms with Crippen molar-refractivity contribution < 1.29 is 24.5 Å². The van der Waals surface area contributed by atoms with Crippen molar-refractivity contribution in [2.45, 2.75) is 411 Å². The second kappa shape index (κ2) is 71.3. The molecule has 0 aliphatic rings. The number of unbranched alkanes of at least 4 members (excludes halogenated alkanes) is 52. The molecule has 0 saturated carbocycles. The summed E-state index contributed by atoms with van der Waals surface area (Å²) in [6.07, 6.45) is 93.5. The Bertz CT molecular complexity index is 1370. The van der Waals surface area contributed by atoms with Gasteiger partial charge in [0.05, 0.1) is 25.4 Å². The maximum absolute atomic E-state index is 12.5. The third kappa shape index (κ3) is 67.0. The molecule has 482 valence electrons. The van der Waals surface area contributed by atoms with Crippen molar-refractivity contribution in [2.24, 2.45) is 0 Å². The molecule has 0 aromatic carbocycles. The number of rotatable bonds is 69. The fourth-order valence-electron chi connectivity index (χ4n) is 11.4. The van der Waals surface area contributed by atoms with Crippen LogP contribution in [0.4, 0.5) is 0 Å². The molecule has 0 aliphatic heterocycles. The van der Waals surface area contributed by atoms with Gasteiger partial charge in [0.2, 0.25) is 5.91 Å². The van der Waals surface area contributed by atoms with Gasteiger partial charge in [-0.1, -0.05) is 345 Å². The van der Waals surface area contributed by atoms with Crippen LogP contribution in [-0.4, -0.2) is 47.4 Å². The molecule has 0 spiro atoms. The van der Waals surface area contributed by atoms with Gasteiger partial charge in [-0.3, -0.25) is 9.59 Å². The van der Waals surface area contributed by atoms with Gasteiger partial charge in [-0.15, -0.1) is 0 Å². The molecular formula is C76H143NO5. The van der Waals surface area contributed by atoms with E-state index in [1.54, 1.807) is 6.08 Å². The topological polar surface area (TPSA) is 95.9 Å². The summed E-state index contributed by atoms with van der Waals surface area (Å²) in [6, 6.07) is -0.628. The molecule has 0 fully saturated rings. The summed E-state index contributed by atoms with van der Waals surface area (Å²) in [7, 11) is 0. The zero-order valence-electron chi connectivity index (χ0n) is 55.2. The SMILES string of the molecule is CCCCCCCCC/C=C\CCCCCCCCCC(=O)OCCCCCCCCCCC/C=C\C/C=C\CCCCCCCCCCCCCCCCCC(=O)NC(CO)C(O)/C=C/CCCCCCCCCCCCCCCC. The van der Waals surface area contributed by atoms with E-state index in [4.69, 9.17) is 4.74 Å². The molecule has 6 nitrogen and oxygen atoms in total. The van der Waals surface area contributed by atoms with Crippen molar-refractivity contribution in [3.8, 4) is 0 Å². The zero-order valence-corrected chi connectivity index (χ0v) is 55.2. The summed E-state index contributed by atoms with van der Waals surface area (Å²) >= 11 is 0. The number of allylic oxidation sites excluding steroid dienone is 7. The molecule has 0 heterocycles. The number of hydrogen-bond donors (Lipinski definition) is 3. The molecule has 2 atom stereocenters. The predicted molar refractivity (Wildman–Crippen MR) is 361 cm³/mol. The highest BCUT2D eigenvalue weighted by atomic mass is 16.5. The molecule has 0 rings (SSSR count). The number of ether oxygens (including phenoxy) is 1. The highest BCUT2D eigenvalue weighted by Gasteiger charge is 2.18. The Morgan fingerprint density at radius 2 is 0.610 bits per heavy atom. The van der Waals surface area contributed by atoms with Gasteiger partial charge in [-0.25, -0.2) is 0 Å². The Kier molecular flexibility index (Phi) is 69.4. The van der Waals surface area contributed by atoms with Crippen molar-refractivity contribution in [3.05, 3.63) is 48.6 Å². The predicted octanol–water partition coefficient (Wildman–Crippen LogP) is 24.0. The minimum Gasteiger partial charge on any atom is -0.466 e. The molecular weight excluding hydrogens is 1010 g/mol. The molecule has 0 saturated heterocycles. The smallest absolute Gasteiger partial charge is 0.305 e. The number of carbonyl (C=O) groups excluding carboxylic acids is 2. The van der Waals surface area contributed by atoms with Gasteiger partial charge in [0.1, 0.15) is 0 Å². The number of aliphatic hydroxyl groups is 2. The lowest BCUT2D eigenvalue weighted by atomic mass is 10.0. The van der Waals surface area contributed by atoms with Crippen molar-refractivity contribution >= 4 is 11.9 Å². The molecule has 0 radical (unpaired) electrons. The van der Waals surface area contributed by atoms with Crippen LogP contribution < -0.4 is 5.32 Å². The molecule has 82 heavy (non-hydrogen) atoms. The van der Waals surface area contributed by atoms with Crippen molar-refractivity contribution in [2.75, 3.05) is 13.2 Å². The van der Waals surface area contributed by atoms with E-state index in [-0.39, 0.29) is 18.5 Å². The average molecular weight is 1150 g/mol. The first-order valence-corrected chi connectivity index (χ1v) is 36.9. The number of aliphatic hydroxyl groups excluding tert-OH is 2. The highest BCUT2D eigenvalue weighted by Crippen LogP contribution is 2.18. The Balaban J connectivity index is 3.40. The third-order valence-corrected chi connectivity index (χ3v) is 17.1. The van der Waals surface area contributed by atoms with Gasteiger partial charge >= 0.3 is 5.97 Å². The van der Waals surface area contributed by atoms with E-state index >= 15 is 0 Å². The van der Waals surface area contributed by atoms with Gasteiger partial charge < -0.3 is 20.3 Å². The van der Waals surface area contributed by atoms with E-state index in [0.717, 1.165) is 51.4 Å². The van der Waals surface area contributed by atoms with Crippen LogP contribution in [0.1, 0.15) is 399 Å². The summed E-state index contributed by atoms with van der Waals surface area (Å²) in [5, 5.41) is 23.2. The lowest BCUT2D eigenvalue weighted by Crippen LogP contribution is -2.45. The quantitative estimate of drug-likeness (QED) is 0.0320. The van der Waals surface area contributed by atoms with Gasteiger partial charge in [0.15, 0.2) is 0 Å². The molecule has 0 aromatic rings. The fourth-order valence-corrected chi connectivity index (χ4v) is 11.4. The molecule has 2 unspecified atom stereocenters.